The van der Waals surface area contributed by atoms with Crippen molar-refractivity contribution in [3.05, 3.63) is 64.3 Å². The average molecular weight is 561 g/mol. The summed E-state index contributed by atoms with van der Waals surface area (Å²) in [6.07, 6.45) is -8.22. The maximum Gasteiger partial charge on any atom is 0.573 e. The van der Waals surface area contributed by atoms with Crippen LogP contribution in [0.1, 0.15) is 47.3 Å². The number of hydrogen-bond donors (Lipinski definition) is 1. The highest BCUT2D eigenvalue weighted by Crippen LogP contribution is 2.38. The third-order valence-corrected chi connectivity index (χ3v) is 6.60. The lowest BCUT2D eigenvalue weighted by atomic mass is 10.1. The zero-order chi connectivity index (χ0) is 28.1. The Morgan fingerprint density at radius 2 is 1.87 bits per heavy atom. The largest absolute Gasteiger partial charge is 0.573 e. The zero-order valence-electron chi connectivity index (χ0n) is 20.8. The van der Waals surface area contributed by atoms with E-state index in [1.807, 2.05) is 20.8 Å². The van der Waals surface area contributed by atoms with Gasteiger partial charge >= 0.3 is 12.5 Å². The van der Waals surface area contributed by atoms with Gasteiger partial charge in [0.25, 0.3) is 5.91 Å². The van der Waals surface area contributed by atoms with Crippen molar-refractivity contribution in [1.82, 2.24) is 20.2 Å². The SMILES string of the molecule is CCN(Cc1cccnc1-c1nc(C(F)(F)F)c(C(=O)NCCc2cccc(OC(F)(F)F)c2)s1)C(C)C. The molecule has 0 saturated heterocycles. The third-order valence-electron chi connectivity index (χ3n) is 5.54. The first kappa shape index (κ1) is 29.4. The van der Waals surface area contributed by atoms with Crippen LogP contribution >= 0.6 is 11.3 Å². The number of amides is 1. The first-order valence-corrected chi connectivity index (χ1v) is 12.5. The molecule has 0 fully saturated rings. The van der Waals surface area contributed by atoms with Crippen LogP contribution in [0.5, 0.6) is 5.75 Å². The van der Waals surface area contributed by atoms with Gasteiger partial charge in [0.05, 0.1) is 0 Å². The molecule has 0 bridgehead atoms. The van der Waals surface area contributed by atoms with Crippen molar-refractivity contribution in [2.45, 2.75) is 52.3 Å². The summed E-state index contributed by atoms with van der Waals surface area (Å²) in [5.41, 5.74) is 0.0290. The number of benzene rings is 1. The Morgan fingerprint density at radius 1 is 1.13 bits per heavy atom. The number of carbonyl (C=O) groups is 1. The molecule has 0 spiro atoms. The van der Waals surface area contributed by atoms with Gasteiger partial charge < -0.3 is 10.1 Å². The zero-order valence-corrected chi connectivity index (χ0v) is 21.6. The molecule has 0 aliphatic rings. The average Bonchev–Trinajstić information content (AvgIpc) is 3.28. The van der Waals surface area contributed by atoms with Crippen LogP contribution < -0.4 is 10.1 Å². The van der Waals surface area contributed by atoms with Crippen molar-refractivity contribution >= 4 is 17.2 Å². The number of nitrogens with zero attached hydrogens (tertiary/aromatic N) is 3. The van der Waals surface area contributed by atoms with Crippen LogP contribution in [0.3, 0.4) is 0 Å². The molecule has 0 atom stereocenters. The molecule has 206 valence electrons. The van der Waals surface area contributed by atoms with Gasteiger partial charge in [-0.3, -0.25) is 14.7 Å². The lowest BCUT2D eigenvalue weighted by Crippen LogP contribution is -2.30. The van der Waals surface area contributed by atoms with Crippen LogP contribution in [0.4, 0.5) is 26.3 Å². The summed E-state index contributed by atoms with van der Waals surface area (Å²) >= 11 is 0.591. The van der Waals surface area contributed by atoms with E-state index in [9.17, 15) is 31.1 Å². The maximum atomic E-state index is 13.8. The van der Waals surface area contributed by atoms with Crippen LogP contribution in [0.15, 0.2) is 42.6 Å². The summed E-state index contributed by atoms with van der Waals surface area (Å²) in [4.78, 5) is 22.3. The predicted molar refractivity (Wildman–Crippen MR) is 131 cm³/mol. The normalized spacial score (nSPS) is 12.3. The highest BCUT2D eigenvalue weighted by atomic mass is 32.1. The van der Waals surface area contributed by atoms with Crippen LogP contribution in [-0.4, -0.2) is 46.3 Å². The number of carbonyl (C=O) groups excluding carboxylic acids is 1. The van der Waals surface area contributed by atoms with Gasteiger partial charge in [0.2, 0.25) is 0 Å². The molecule has 0 unspecified atom stereocenters. The van der Waals surface area contributed by atoms with E-state index in [0.717, 1.165) is 18.7 Å². The molecule has 1 N–H and O–H groups in total. The molecule has 1 aromatic carbocycles. The number of halogens is 6. The van der Waals surface area contributed by atoms with Gasteiger partial charge in [-0.25, -0.2) is 4.98 Å². The Bertz CT molecular complexity index is 1240. The Morgan fingerprint density at radius 3 is 2.50 bits per heavy atom. The number of aromatic nitrogens is 2. The summed E-state index contributed by atoms with van der Waals surface area (Å²) in [6.45, 7) is 7.03. The van der Waals surface area contributed by atoms with Gasteiger partial charge in [0.1, 0.15) is 21.3 Å². The quantitative estimate of drug-likeness (QED) is 0.294. The van der Waals surface area contributed by atoms with Crippen LogP contribution in [-0.2, 0) is 19.1 Å². The molecule has 0 aliphatic heterocycles. The van der Waals surface area contributed by atoms with E-state index < -0.39 is 34.8 Å². The minimum Gasteiger partial charge on any atom is -0.406 e. The van der Waals surface area contributed by atoms with Crippen molar-refractivity contribution in [2.75, 3.05) is 13.1 Å². The number of hydrogen-bond acceptors (Lipinski definition) is 6. The number of nitrogens with one attached hydrogen (secondary N) is 1. The number of alkyl halides is 6. The van der Waals surface area contributed by atoms with Gasteiger partial charge in [0.15, 0.2) is 5.69 Å². The summed E-state index contributed by atoms with van der Waals surface area (Å²) in [6, 6.07) is 8.77. The van der Waals surface area contributed by atoms with Crippen molar-refractivity contribution < 1.29 is 35.9 Å². The molecule has 1 amide bonds. The van der Waals surface area contributed by atoms with E-state index in [0.29, 0.717) is 29.0 Å². The molecular formula is C25H26F6N4O2S. The topological polar surface area (TPSA) is 67.4 Å². The fourth-order valence-electron chi connectivity index (χ4n) is 3.70. The molecule has 13 heteroatoms. The van der Waals surface area contributed by atoms with Gasteiger partial charge in [0, 0.05) is 25.3 Å². The lowest BCUT2D eigenvalue weighted by Gasteiger charge is -2.25. The molecule has 6 nitrogen and oxygen atoms in total. The second-order valence-corrected chi connectivity index (χ2v) is 9.56. The van der Waals surface area contributed by atoms with E-state index in [1.54, 1.807) is 12.1 Å². The summed E-state index contributed by atoms with van der Waals surface area (Å²) in [5.74, 6) is -1.42. The Labute approximate surface area is 219 Å². The summed E-state index contributed by atoms with van der Waals surface area (Å²) in [7, 11) is 0. The highest BCUT2D eigenvalue weighted by molar-refractivity contribution is 7.17. The van der Waals surface area contributed by atoms with Gasteiger partial charge in [-0.2, -0.15) is 13.2 Å². The second-order valence-electron chi connectivity index (χ2n) is 8.56. The molecule has 3 aromatic rings. The molecule has 38 heavy (non-hydrogen) atoms. The van der Waals surface area contributed by atoms with Gasteiger partial charge in [-0.1, -0.05) is 25.1 Å². The Kier molecular flexibility index (Phi) is 9.36. The van der Waals surface area contributed by atoms with Crippen molar-refractivity contribution in [2.24, 2.45) is 0 Å². The van der Waals surface area contributed by atoms with Crippen molar-refractivity contribution in [3.8, 4) is 16.5 Å². The first-order valence-electron chi connectivity index (χ1n) is 11.7. The molecule has 2 heterocycles. The number of thiazole rings is 1. The highest BCUT2D eigenvalue weighted by Gasteiger charge is 2.40. The lowest BCUT2D eigenvalue weighted by molar-refractivity contribution is -0.274. The van der Waals surface area contributed by atoms with Crippen LogP contribution in [0.2, 0.25) is 0 Å². The van der Waals surface area contributed by atoms with Crippen molar-refractivity contribution in [1.29, 1.82) is 0 Å². The molecule has 2 aromatic heterocycles. The van der Waals surface area contributed by atoms with Crippen LogP contribution in [0.25, 0.3) is 10.7 Å². The monoisotopic (exact) mass is 560 g/mol. The van der Waals surface area contributed by atoms with E-state index >= 15 is 0 Å². The number of pyridine rings is 1. The minimum atomic E-state index is -4.88. The minimum absolute atomic E-state index is 0.0325. The molecular weight excluding hydrogens is 534 g/mol. The van der Waals surface area contributed by atoms with E-state index in [1.165, 1.54) is 18.3 Å². The molecule has 0 aliphatic carbocycles. The van der Waals surface area contributed by atoms with Crippen molar-refractivity contribution in [3.63, 3.8) is 0 Å². The Balaban J connectivity index is 1.81. The third kappa shape index (κ3) is 7.90. The summed E-state index contributed by atoms with van der Waals surface area (Å²) in [5, 5.41) is 2.37. The molecule has 0 saturated carbocycles. The first-order chi connectivity index (χ1) is 17.8. The van der Waals surface area contributed by atoms with E-state index in [-0.39, 0.29) is 29.7 Å². The maximum absolute atomic E-state index is 13.8. The van der Waals surface area contributed by atoms with Crippen LogP contribution in [0, 0.1) is 0 Å². The predicted octanol–water partition coefficient (Wildman–Crippen LogP) is 6.33. The van der Waals surface area contributed by atoms with E-state index in [2.05, 4.69) is 24.9 Å². The van der Waals surface area contributed by atoms with Gasteiger partial charge in [-0.05, 0) is 56.1 Å². The number of rotatable bonds is 10. The molecule has 0 radical (unpaired) electrons. The fourth-order valence-corrected chi connectivity index (χ4v) is 4.74. The fraction of sp³-hybridized carbons (Fsp3) is 0.400. The summed E-state index contributed by atoms with van der Waals surface area (Å²) < 4.78 is 82.6. The van der Waals surface area contributed by atoms with Gasteiger partial charge in [-0.15, -0.1) is 24.5 Å². The van der Waals surface area contributed by atoms with E-state index in [4.69, 9.17) is 0 Å². The molecule has 3 rings (SSSR count). The Hall–Kier alpha value is -3.19. The number of ether oxygens (including phenoxy) is 1. The second kappa shape index (κ2) is 12.1. The smallest absolute Gasteiger partial charge is 0.406 e. The standard InChI is InChI=1S/C25H26F6N4O2S/c1-4-35(15(2)3)14-17-8-6-11-32-19(17)23-34-21(24(26,27)28)20(38-23)22(36)33-12-10-16-7-5-9-18(13-16)37-25(29,30)31/h5-9,11,13,15H,4,10,12,14H2,1-3H3,(H,33,36).